The van der Waals surface area contributed by atoms with E-state index < -0.39 is 6.23 Å². The number of piperidine rings is 1. The van der Waals surface area contributed by atoms with Crippen LogP contribution in [0.1, 0.15) is 30.2 Å². The van der Waals surface area contributed by atoms with Crippen LogP contribution in [-0.2, 0) is 6.54 Å². The van der Waals surface area contributed by atoms with E-state index in [2.05, 4.69) is 21.2 Å². The standard InChI is InChI=1S/C22H28FN3O.ClH/c23-19-5-7-20(8-6-19)24-11-14-25-12-9-17(10-13-25)15-26-16-18-3-1-2-4-21(18)22(26)27;/h1-8,17,22,24,27H,9-16H2;1H. The summed E-state index contributed by atoms with van der Waals surface area (Å²) < 4.78 is 12.9. The summed E-state index contributed by atoms with van der Waals surface area (Å²) in [4.78, 5) is 4.70. The summed E-state index contributed by atoms with van der Waals surface area (Å²) in [5.74, 6) is 0.448. The largest absolute Gasteiger partial charge is 0.384 e. The van der Waals surface area contributed by atoms with Crippen LogP contribution < -0.4 is 5.32 Å². The molecular weight excluding hydrogens is 377 g/mol. The number of likely N-dealkylation sites (tertiary alicyclic amines) is 1. The number of fused-ring (bicyclic) bond motifs is 1. The number of anilines is 1. The number of aliphatic hydroxyl groups excluding tert-OH is 1. The highest BCUT2D eigenvalue weighted by atomic mass is 35.5. The van der Waals surface area contributed by atoms with Crippen molar-refractivity contribution in [1.29, 1.82) is 0 Å². The number of hydrogen-bond donors (Lipinski definition) is 2. The molecule has 4 nitrogen and oxygen atoms in total. The Labute approximate surface area is 172 Å². The Kier molecular flexibility index (Phi) is 7.30. The van der Waals surface area contributed by atoms with Crippen molar-refractivity contribution in [2.24, 2.45) is 5.92 Å². The first kappa shape index (κ1) is 21.1. The number of hydrogen-bond acceptors (Lipinski definition) is 4. The van der Waals surface area contributed by atoms with E-state index in [-0.39, 0.29) is 18.2 Å². The van der Waals surface area contributed by atoms with Crippen LogP contribution in [0.15, 0.2) is 48.5 Å². The van der Waals surface area contributed by atoms with Gasteiger partial charge in [0.2, 0.25) is 0 Å². The first-order valence-electron chi connectivity index (χ1n) is 9.91. The third kappa shape index (κ3) is 5.03. The van der Waals surface area contributed by atoms with Gasteiger partial charge in [-0.25, -0.2) is 4.39 Å². The van der Waals surface area contributed by atoms with Crippen LogP contribution in [0.3, 0.4) is 0 Å². The van der Waals surface area contributed by atoms with E-state index in [0.29, 0.717) is 5.92 Å². The Morgan fingerprint density at radius 1 is 1.04 bits per heavy atom. The quantitative estimate of drug-likeness (QED) is 0.765. The fourth-order valence-corrected chi connectivity index (χ4v) is 4.25. The molecule has 0 bridgehead atoms. The molecule has 0 saturated carbocycles. The molecule has 0 aromatic heterocycles. The Hall–Kier alpha value is -1.66. The molecule has 6 heteroatoms. The zero-order valence-corrected chi connectivity index (χ0v) is 16.9. The normalized spacial score (nSPS) is 20.6. The molecule has 1 unspecified atom stereocenters. The van der Waals surface area contributed by atoms with Crippen LogP contribution in [0.2, 0.25) is 0 Å². The SMILES string of the molecule is Cl.OC1c2ccccc2CN1CC1CCN(CCNc2ccc(F)cc2)CC1. The maximum absolute atomic E-state index is 12.9. The molecule has 2 aliphatic rings. The molecule has 2 aromatic rings. The lowest BCUT2D eigenvalue weighted by molar-refractivity contribution is -0.00359. The highest BCUT2D eigenvalue weighted by Crippen LogP contribution is 2.33. The Bertz CT molecular complexity index is 750. The van der Waals surface area contributed by atoms with Crippen molar-refractivity contribution in [3.05, 3.63) is 65.5 Å². The molecule has 152 valence electrons. The van der Waals surface area contributed by atoms with E-state index >= 15 is 0 Å². The average Bonchev–Trinajstić information content (AvgIpc) is 3.01. The first-order chi connectivity index (χ1) is 13.2. The fraction of sp³-hybridized carbons (Fsp3) is 0.455. The molecule has 0 spiro atoms. The summed E-state index contributed by atoms with van der Waals surface area (Å²) in [5.41, 5.74) is 3.30. The van der Waals surface area contributed by atoms with Gasteiger partial charge in [-0.05, 0) is 67.2 Å². The maximum atomic E-state index is 12.9. The van der Waals surface area contributed by atoms with Gasteiger partial charge in [-0.3, -0.25) is 4.90 Å². The number of halogens is 2. The lowest BCUT2D eigenvalue weighted by Gasteiger charge is -2.34. The number of benzene rings is 2. The lowest BCUT2D eigenvalue weighted by atomic mass is 9.96. The van der Waals surface area contributed by atoms with Crippen LogP contribution in [0.4, 0.5) is 10.1 Å². The van der Waals surface area contributed by atoms with E-state index in [0.717, 1.165) is 50.5 Å². The zero-order valence-electron chi connectivity index (χ0n) is 16.1. The zero-order chi connectivity index (χ0) is 18.6. The van der Waals surface area contributed by atoms with Gasteiger partial charge in [0, 0.05) is 31.9 Å². The highest BCUT2D eigenvalue weighted by Gasteiger charge is 2.30. The highest BCUT2D eigenvalue weighted by molar-refractivity contribution is 5.85. The number of aliphatic hydroxyl groups is 1. The topological polar surface area (TPSA) is 38.7 Å². The van der Waals surface area contributed by atoms with Crippen LogP contribution in [0, 0.1) is 11.7 Å². The molecule has 2 N–H and O–H groups in total. The molecular formula is C22H29ClFN3O. The van der Waals surface area contributed by atoms with Crippen LogP contribution in [-0.4, -0.2) is 47.6 Å². The molecule has 0 radical (unpaired) electrons. The van der Waals surface area contributed by atoms with Gasteiger partial charge in [0.15, 0.2) is 0 Å². The summed E-state index contributed by atoms with van der Waals surface area (Å²) in [6.45, 7) is 5.91. The van der Waals surface area contributed by atoms with Crippen LogP contribution in [0.5, 0.6) is 0 Å². The lowest BCUT2D eigenvalue weighted by Crippen LogP contribution is -2.40. The second kappa shape index (κ2) is 9.70. The summed E-state index contributed by atoms with van der Waals surface area (Å²) in [6.07, 6.45) is 1.91. The van der Waals surface area contributed by atoms with Crippen LogP contribution in [0.25, 0.3) is 0 Å². The molecule has 1 fully saturated rings. The van der Waals surface area contributed by atoms with Crippen molar-refractivity contribution < 1.29 is 9.50 Å². The van der Waals surface area contributed by atoms with Crippen molar-refractivity contribution in [2.45, 2.75) is 25.6 Å². The van der Waals surface area contributed by atoms with Gasteiger partial charge < -0.3 is 15.3 Å². The van der Waals surface area contributed by atoms with Gasteiger partial charge in [0.1, 0.15) is 12.0 Å². The summed E-state index contributed by atoms with van der Waals surface area (Å²) in [5, 5.41) is 13.9. The summed E-state index contributed by atoms with van der Waals surface area (Å²) >= 11 is 0. The third-order valence-electron chi connectivity index (χ3n) is 5.85. The Morgan fingerprint density at radius 2 is 1.75 bits per heavy atom. The third-order valence-corrected chi connectivity index (χ3v) is 5.85. The van der Waals surface area contributed by atoms with Gasteiger partial charge in [0.05, 0.1) is 0 Å². The van der Waals surface area contributed by atoms with Gasteiger partial charge in [-0.2, -0.15) is 0 Å². The predicted molar refractivity (Wildman–Crippen MR) is 113 cm³/mol. The fourth-order valence-electron chi connectivity index (χ4n) is 4.25. The monoisotopic (exact) mass is 405 g/mol. The molecule has 1 atom stereocenters. The molecule has 2 aliphatic heterocycles. The predicted octanol–water partition coefficient (Wildman–Crippen LogP) is 3.88. The average molecular weight is 406 g/mol. The molecule has 4 rings (SSSR count). The van der Waals surface area contributed by atoms with Crippen molar-refractivity contribution in [3.63, 3.8) is 0 Å². The van der Waals surface area contributed by atoms with Crippen molar-refractivity contribution >= 4 is 18.1 Å². The molecule has 2 aromatic carbocycles. The molecule has 0 amide bonds. The molecule has 2 heterocycles. The Morgan fingerprint density at radius 3 is 2.46 bits per heavy atom. The van der Waals surface area contributed by atoms with Gasteiger partial charge in [-0.15, -0.1) is 12.4 Å². The number of rotatable bonds is 6. The minimum absolute atomic E-state index is 0. The summed E-state index contributed by atoms with van der Waals surface area (Å²) in [6, 6.07) is 14.7. The van der Waals surface area contributed by atoms with Crippen molar-refractivity contribution in [2.75, 3.05) is 38.0 Å². The van der Waals surface area contributed by atoms with Gasteiger partial charge in [0.25, 0.3) is 0 Å². The van der Waals surface area contributed by atoms with E-state index in [1.807, 2.05) is 18.2 Å². The first-order valence-corrected chi connectivity index (χ1v) is 9.91. The van der Waals surface area contributed by atoms with Crippen molar-refractivity contribution in [1.82, 2.24) is 9.80 Å². The van der Waals surface area contributed by atoms with E-state index in [9.17, 15) is 9.50 Å². The molecule has 1 saturated heterocycles. The van der Waals surface area contributed by atoms with E-state index in [1.165, 1.54) is 30.5 Å². The van der Waals surface area contributed by atoms with Crippen molar-refractivity contribution in [3.8, 4) is 0 Å². The second-order valence-electron chi connectivity index (χ2n) is 7.72. The molecule has 28 heavy (non-hydrogen) atoms. The maximum Gasteiger partial charge on any atom is 0.134 e. The van der Waals surface area contributed by atoms with Gasteiger partial charge >= 0.3 is 0 Å². The number of nitrogens with zero attached hydrogens (tertiary/aromatic N) is 2. The van der Waals surface area contributed by atoms with E-state index in [4.69, 9.17) is 0 Å². The van der Waals surface area contributed by atoms with Crippen LogP contribution >= 0.6 is 12.4 Å². The van der Waals surface area contributed by atoms with E-state index in [1.54, 1.807) is 12.1 Å². The smallest absolute Gasteiger partial charge is 0.134 e. The van der Waals surface area contributed by atoms with Gasteiger partial charge in [-0.1, -0.05) is 24.3 Å². The number of nitrogens with one attached hydrogen (secondary N) is 1. The minimum atomic E-state index is -0.445. The minimum Gasteiger partial charge on any atom is -0.384 e. The summed E-state index contributed by atoms with van der Waals surface area (Å²) in [7, 11) is 0. The molecule has 0 aliphatic carbocycles. The second-order valence-corrected chi connectivity index (χ2v) is 7.72. The Balaban J connectivity index is 0.00000225.